The van der Waals surface area contributed by atoms with Crippen molar-refractivity contribution in [1.82, 2.24) is 0 Å². The summed E-state index contributed by atoms with van der Waals surface area (Å²) < 4.78 is 5.67. The van der Waals surface area contributed by atoms with Crippen molar-refractivity contribution < 1.29 is 9.53 Å². The molecule has 98 valence electrons. The SMILES string of the molecule is CC(C)C1(C(C)C)OC(=O)Nc2ccc(Cl)cc21. The molecule has 1 aliphatic rings. The molecule has 0 saturated carbocycles. The van der Waals surface area contributed by atoms with Gasteiger partial charge in [0.1, 0.15) is 5.60 Å². The fraction of sp³-hybridized carbons (Fsp3) is 0.500. The van der Waals surface area contributed by atoms with E-state index in [-0.39, 0.29) is 11.8 Å². The zero-order chi connectivity index (χ0) is 13.5. The zero-order valence-corrected chi connectivity index (χ0v) is 11.8. The normalized spacial score (nSPS) is 17.4. The molecule has 1 aromatic rings. The molecule has 0 aromatic heterocycles. The minimum atomic E-state index is -0.622. The van der Waals surface area contributed by atoms with Crippen LogP contribution in [0.2, 0.25) is 5.02 Å². The van der Waals surface area contributed by atoms with E-state index >= 15 is 0 Å². The largest absolute Gasteiger partial charge is 0.437 e. The summed E-state index contributed by atoms with van der Waals surface area (Å²) in [5.41, 5.74) is 1.13. The lowest BCUT2D eigenvalue weighted by Gasteiger charge is -2.44. The van der Waals surface area contributed by atoms with Crippen LogP contribution >= 0.6 is 11.6 Å². The summed E-state index contributed by atoms with van der Waals surface area (Å²) in [6.07, 6.45) is -0.396. The van der Waals surface area contributed by atoms with Crippen LogP contribution in [0.4, 0.5) is 10.5 Å². The maximum absolute atomic E-state index is 11.8. The number of nitrogens with one attached hydrogen (secondary N) is 1. The fourth-order valence-corrected chi connectivity index (χ4v) is 2.99. The van der Waals surface area contributed by atoms with Crippen LogP contribution in [-0.4, -0.2) is 6.09 Å². The van der Waals surface area contributed by atoms with E-state index in [9.17, 15) is 4.79 Å². The Bertz CT molecular complexity index is 475. The molecule has 0 atom stereocenters. The van der Waals surface area contributed by atoms with Crippen molar-refractivity contribution in [2.75, 3.05) is 5.32 Å². The number of cyclic esters (lactones) is 1. The molecular weight excluding hydrogens is 250 g/mol. The van der Waals surface area contributed by atoms with Crippen LogP contribution in [0.25, 0.3) is 0 Å². The molecule has 1 amide bonds. The quantitative estimate of drug-likeness (QED) is 0.862. The van der Waals surface area contributed by atoms with Crippen LogP contribution in [0.5, 0.6) is 0 Å². The second-order valence-corrected chi connectivity index (χ2v) is 5.74. The molecule has 0 radical (unpaired) electrons. The Morgan fingerprint density at radius 2 is 1.83 bits per heavy atom. The molecular formula is C14H18ClNO2. The second-order valence-electron chi connectivity index (χ2n) is 5.31. The Balaban J connectivity index is 2.68. The number of rotatable bonds is 2. The van der Waals surface area contributed by atoms with E-state index in [2.05, 4.69) is 33.0 Å². The van der Waals surface area contributed by atoms with Crippen molar-refractivity contribution >= 4 is 23.4 Å². The van der Waals surface area contributed by atoms with E-state index < -0.39 is 11.7 Å². The summed E-state index contributed by atoms with van der Waals surface area (Å²) in [5.74, 6) is 0.335. The number of hydrogen-bond donors (Lipinski definition) is 1. The van der Waals surface area contributed by atoms with Gasteiger partial charge in [-0.1, -0.05) is 39.3 Å². The highest BCUT2D eigenvalue weighted by Crippen LogP contribution is 2.47. The zero-order valence-electron chi connectivity index (χ0n) is 11.1. The number of anilines is 1. The van der Waals surface area contributed by atoms with Crippen LogP contribution in [0, 0.1) is 11.8 Å². The second kappa shape index (κ2) is 4.47. The lowest BCUT2D eigenvalue weighted by atomic mass is 9.73. The maximum atomic E-state index is 11.8. The van der Waals surface area contributed by atoms with Crippen molar-refractivity contribution in [3.63, 3.8) is 0 Å². The average Bonchev–Trinajstić information content (AvgIpc) is 2.27. The average molecular weight is 268 g/mol. The van der Waals surface area contributed by atoms with Gasteiger partial charge >= 0.3 is 6.09 Å². The van der Waals surface area contributed by atoms with Gasteiger partial charge in [0.25, 0.3) is 0 Å². The number of fused-ring (bicyclic) bond motifs is 1. The van der Waals surface area contributed by atoms with E-state index in [0.29, 0.717) is 5.02 Å². The van der Waals surface area contributed by atoms with Crippen LogP contribution in [0.1, 0.15) is 33.3 Å². The van der Waals surface area contributed by atoms with Gasteiger partial charge in [0.05, 0.1) is 5.69 Å². The Hall–Kier alpha value is -1.22. The monoisotopic (exact) mass is 267 g/mol. The molecule has 18 heavy (non-hydrogen) atoms. The smallest absolute Gasteiger partial charge is 0.412 e. The van der Waals surface area contributed by atoms with Crippen molar-refractivity contribution in [2.45, 2.75) is 33.3 Å². The maximum Gasteiger partial charge on any atom is 0.412 e. The summed E-state index contributed by atoms with van der Waals surface area (Å²) in [7, 11) is 0. The molecule has 0 unspecified atom stereocenters. The van der Waals surface area contributed by atoms with Crippen molar-refractivity contribution in [3.8, 4) is 0 Å². The lowest BCUT2D eigenvalue weighted by Crippen LogP contribution is -2.47. The molecule has 0 bridgehead atoms. The van der Waals surface area contributed by atoms with Crippen LogP contribution in [0.3, 0.4) is 0 Å². The van der Waals surface area contributed by atoms with Crippen LogP contribution in [-0.2, 0) is 10.3 Å². The van der Waals surface area contributed by atoms with E-state index in [0.717, 1.165) is 11.3 Å². The Kier molecular flexibility index (Phi) is 3.28. The van der Waals surface area contributed by atoms with Crippen molar-refractivity contribution in [3.05, 3.63) is 28.8 Å². The van der Waals surface area contributed by atoms with Gasteiger partial charge in [-0.2, -0.15) is 0 Å². The molecule has 0 saturated heterocycles. The minimum absolute atomic E-state index is 0.167. The van der Waals surface area contributed by atoms with E-state index in [4.69, 9.17) is 16.3 Å². The van der Waals surface area contributed by atoms with Gasteiger partial charge < -0.3 is 4.74 Å². The van der Waals surface area contributed by atoms with Crippen molar-refractivity contribution in [1.29, 1.82) is 0 Å². The van der Waals surface area contributed by atoms with Gasteiger partial charge in [0.2, 0.25) is 0 Å². The van der Waals surface area contributed by atoms with Gasteiger partial charge in [-0.3, -0.25) is 5.32 Å². The predicted octanol–water partition coefficient (Wildman–Crippen LogP) is 4.41. The molecule has 3 nitrogen and oxygen atoms in total. The number of carbonyl (C=O) groups excluding carboxylic acids is 1. The molecule has 1 N–H and O–H groups in total. The molecule has 1 heterocycles. The van der Waals surface area contributed by atoms with Gasteiger partial charge in [-0.25, -0.2) is 4.79 Å². The van der Waals surface area contributed by atoms with Crippen LogP contribution < -0.4 is 5.32 Å². The Labute approximate surface area is 112 Å². The first-order valence-electron chi connectivity index (χ1n) is 6.18. The van der Waals surface area contributed by atoms with Crippen molar-refractivity contribution in [2.24, 2.45) is 11.8 Å². The van der Waals surface area contributed by atoms with Gasteiger partial charge in [0, 0.05) is 10.6 Å². The first-order valence-corrected chi connectivity index (χ1v) is 6.55. The van der Waals surface area contributed by atoms with Gasteiger partial charge in [0.15, 0.2) is 0 Å². The van der Waals surface area contributed by atoms with Crippen LogP contribution in [0.15, 0.2) is 18.2 Å². The fourth-order valence-electron chi connectivity index (χ4n) is 2.82. The van der Waals surface area contributed by atoms with Gasteiger partial charge in [-0.15, -0.1) is 0 Å². The molecule has 0 aliphatic carbocycles. The third kappa shape index (κ3) is 1.87. The number of amides is 1. The molecule has 0 spiro atoms. The first-order chi connectivity index (χ1) is 8.37. The predicted molar refractivity (Wildman–Crippen MR) is 72.9 cm³/mol. The highest BCUT2D eigenvalue weighted by atomic mass is 35.5. The molecule has 1 aliphatic heterocycles. The third-order valence-corrected chi connectivity index (χ3v) is 3.85. The number of halogens is 1. The molecule has 4 heteroatoms. The van der Waals surface area contributed by atoms with E-state index in [1.807, 2.05) is 12.1 Å². The van der Waals surface area contributed by atoms with Gasteiger partial charge in [-0.05, 0) is 30.0 Å². The minimum Gasteiger partial charge on any atom is -0.437 e. The summed E-state index contributed by atoms with van der Waals surface area (Å²) in [4.78, 5) is 11.8. The Morgan fingerprint density at radius 3 is 2.39 bits per heavy atom. The molecule has 1 aromatic carbocycles. The molecule has 2 rings (SSSR count). The number of carbonyl (C=O) groups is 1. The summed E-state index contributed by atoms with van der Waals surface area (Å²) in [6.45, 7) is 8.24. The Morgan fingerprint density at radius 1 is 1.22 bits per heavy atom. The highest BCUT2D eigenvalue weighted by Gasteiger charge is 2.47. The van der Waals surface area contributed by atoms with E-state index in [1.165, 1.54) is 0 Å². The first kappa shape index (κ1) is 13.2. The number of ether oxygens (including phenoxy) is 1. The number of hydrogen-bond acceptors (Lipinski definition) is 2. The standard InChI is InChI=1S/C14H18ClNO2/c1-8(2)14(9(3)4)11-7-10(15)5-6-12(11)16-13(17)18-14/h5-9H,1-4H3,(H,16,17). The highest BCUT2D eigenvalue weighted by molar-refractivity contribution is 6.30. The molecule has 0 fully saturated rings. The number of benzene rings is 1. The summed E-state index contributed by atoms with van der Waals surface area (Å²) in [5, 5.41) is 3.38. The summed E-state index contributed by atoms with van der Waals surface area (Å²) >= 11 is 6.08. The van der Waals surface area contributed by atoms with E-state index in [1.54, 1.807) is 6.07 Å². The lowest BCUT2D eigenvalue weighted by molar-refractivity contribution is -0.0629. The topological polar surface area (TPSA) is 38.3 Å². The summed E-state index contributed by atoms with van der Waals surface area (Å²) in [6, 6.07) is 5.49. The third-order valence-electron chi connectivity index (χ3n) is 3.62.